The summed E-state index contributed by atoms with van der Waals surface area (Å²) in [7, 11) is 0. The van der Waals surface area contributed by atoms with Crippen molar-refractivity contribution in [2.45, 2.75) is 33.7 Å². The van der Waals surface area contributed by atoms with E-state index in [1.807, 2.05) is 13.8 Å². The Hall–Kier alpha value is -1.06. The van der Waals surface area contributed by atoms with Gasteiger partial charge in [-0.1, -0.05) is 27.6 Å². The summed E-state index contributed by atoms with van der Waals surface area (Å²) in [4.78, 5) is 24.4. The molecule has 1 fully saturated rings. The normalized spacial score (nSPS) is 28.0. The van der Waals surface area contributed by atoms with E-state index < -0.39 is 24.8 Å². The molecule has 0 unspecified atom stereocenters. The highest BCUT2D eigenvalue weighted by atomic mass is 16.6. The molecule has 0 aromatic rings. The maximum absolute atomic E-state index is 12.0. The van der Waals surface area contributed by atoms with Crippen LogP contribution in [0.25, 0.3) is 0 Å². The summed E-state index contributed by atoms with van der Waals surface area (Å²) in [6, 6.07) is -0.375. The molecule has 2 atom stereocenters. The molecule has 4 heteroatoms. The van der Waals surface area contributed by atoms with Crippen molar-refractivity contribution in [3.8, 4) is 0 Å². The Labute approximate surface area is 88.4 Å². The topological polar surface area (TPSA) is 46.6 Å². The summed E-state index contributed by atoms with van der Waals surface area (Å²) >= 11 is 0. The molecule has 4 nitrogen and oxygen atoms in total. The van der Waals surface area contributed by atoms with Gasteiger partial charge >= 0.3 is 6.09 Å². The Morgan fingerprint density at radius 1 is 1.64 bits per heavy atom. The second kappa shape index (κ2) is 3.98. The summed E-state index contributed by atoms with van der Waals surface area (Å²) in [6.07, 6.45) is -0.746. The molecule has 0 aromatic carbocycles. The van der Waals surface area contributed by atoms with Gasteiger partial charge in [0.1, 0.15) is 6.61 Å². The van der Waals surface area contributed by atoms with Crippen LogP contribution in [-0.2, 0) is 9.53 Å². The highest BCUT2D eigenvalue weighted by Gasteiger charge is 2.40. The van der Waals surface area contributed by atoms with E-state index in [0.29, 0.717) is 0 Å². The molecule has 1 rings (SSSR count). The molecule has 0 aliphatic carbocycles. The Balaban J connectivity index is 2.90. The second-order valence-electron chi connectivity index (χ2n) is 3.82. The predicted octanol–water partition coefficient (Wildman–Crippen LogP) is 1.65. The van der Waals surface area contributed by atoms with Crippen LogP contribution in [0, 0.1) is 11.8 Å². The van der Waals surface area contributed by atoms with Gasteiger partial charge in [-0.3, -0.25) is 4.79 Å². The van der Waals surface area contributed by atoms with Gasteiger partial charge in [-0.2, -0.15) is 0 Å². The van der Waals surface area contributed by atoms with E-state index >= 15 is 0 Å². The lowest BCUT2D eigenvalue weighted by molar-refractivity contribution is -0.132. The molecule has 2 amide bonds. The van der Waals surface area contributed by atoms with E-state index in [-0.39, 0.29) is 18.6 Å². The zero-order chi connectivity index (χ0) is 13.4. The van der Waals surface area contributed by atoms with Gasteiger partial charge in [-0.05, 0) is 5.92 Å². The highest BCUT2D eigenvalue weighted by molar-refractivity contribution is 5.94. The van der Waals surface area contributed by atoms with E-state index in [4.69, 9.17) is 8.85 Å². The molecule has 0 aromatic heterocycles. The SMILES string of the molecule is [2H]C([2H])([2H])[C@@H](C)C(=O)N1C(=O)OC[C@@H]1C(C)C. The van der Waals surface area contributed by atoms with E-state index in [2.05, 4.69) is 0 Å². The Morgan fingerprint density at radius 3 is 2.79 bits per heavy atom. The van der Waals surface area contributed by atoms with Gasteiger partial charge in [0.15, 0.2) is 0 Å². The molecule has 1 aliphatic rings. The smallest absolute Gasteiger partial charge is 0.416 e. The third kappa shape index (κ3) is 1.89. The lowest BCUT2D eigenvalue weighted by atomic mass is 10.0. The summed E-state index contributed by atoms with van der Waals surface area (Å²) in [5, 5.41) is 0. The van der Waals surface area contributed by atoms with Gasteiger partial charge in [0.05, 0.1) is 6.04 Å². The molecule has 14 heavy (non-hydrogen) atoms. The van der Waals surface area contributed by atoms with Gasteiger partial charge in [0.2, 0.25) is 5.91 Å². The minimum atomic E-state index is -2.40. The summed E-state index contributed by atoms with van der Waals surface area (Å²) in [5.41, 5.74) is 0. The Kier molecular flexibility index (Phi) is 2.07. The van der Waals surface area contributed by atoms with Crippen LogP contribution in [-0.4, -0.2) is 29.5 Å². The van der Waals surface area contributed by atoms with Crippen LogP contribution in [0.4, 0.5) is 4.79 Å². The second-order valence-corrected chi connectivity index (χ2v) is 3.82. The zero-order valence-electron chi connectivity index (χ0n) is 11.6. The van der Waals surface area contributed by atoms with E-state index in [0.717, 1.165) is 4.90 Å². The van der Waals surface area contributed by atoms with Crippen molar-refractivity contribution in [3.05, 3.63) is 0 Å². The van der Waals surface area contributed by atoms with E-state index in [9.17, 15) is 9.59 Å². The van der Waals surface area contributed by atoms with Crippen molar-refractivity contribution in [1.29, 1.82) is 0 Å². The fraction of sp³-hybridized carbons (Fsp3) is 0.800. The van der Waals surface area contributed by atoms with Crippen LogP contribution in [0.1, 0.15) is 31.7 Å². The predicted molar refractivity (Wildman–Crippen MR) is 51.7 cm³/mol. The summed E-state index contributed by atoms with van der Waals surface area (Å²) in [6.45, 7) is 2.75. The van der Waals surface area contributed by atoms with Gasteiger partial charge in [0, 0.05) is 10.0 Å². The first-order valence-corrected chi connectivity index (χ1v) is 4.66. The lowest BCUT2D eigenvalue weighted by Crippen LogP contribution is -2.43. The molecule has 1 aliphatic heterocycles. The average molecular weight is 202 g/mol. The van der Waals surface area contributed by atoms with Gasteiger partial charge in [-0.25, -0.2) is 9.69 Å². The van der Waals surface area contributed by atoms with Crippen molar-refractivity contribution in [3.63, 3.8) is 0 Å². The molecular weight excluding hydrogens is 182 g/mol. The van der Waals surface area contributed by atoms with Crippen LogP contribution in [0.2, 0.25) is 0 Å². The van der Waals surface area contributed by atoms with Crippen molar-refractivity contribution in [1.82, 2.24) is 4.90 Å². The van der Waals surface area contributed by atoms with Crippen LogP contribution in [0.15, 0.2) is 0 Å². The number of imide groups is 1. The molecule has 0 N–H and O–H groups in total. The minimum absolute atomic E-state index is 0.0363. The molecular formula is C10H17NO3. The minimum Gasteiger partial charge on any atom is -0.447 e. The molecule has 0 bridgehead atoms. The van der Waals surface area contributed by atoms with Gasteiger partial charge in [0.25, 0.3) is 0 Å². The molecule has 0 spiro atoms. The average Bonchev–Trinajstić information content (AvgIpc) is 2.56. The molecule has 80 valence electrons. The fourth-order valence-corrected chi connectivity index (χ4v) is 1.39. The number of ether oxygens (including phenoxy) is 1. The quantitative estimate of drug-likeness (QED) is 0.684. The summed E-state index contributed by atoms with van der Waals surface area (Å²) in [5.74, 6) is -1.85. The number of carbonyl (C=O) groups is 2. The first kappa shape index (κ1) is 7.26. The van der Waals surface area contributed by atoms with Crippen LogP contribution in [0.5, 0.6) is 0 Å². The van der Waals surface area contributed by atoms with Crippen molar-refractivity contribution in [2.24, 2.45) is 11.8 Å². The van der Waals surface area contributed by atoms with Crippen LogP contribution >= 0.6 is 0 Å². The first-order chi connectivity index (χ1) is 7.66. The Morgan fingerprint density at radius 2 is 2.29 bits per heavy atom. The number of nitrogens with zero attached hydrogens (tertiary/aromatic N) is 1. The van der Waals surface area contributed by atoms with Crippen molar-refractivity contribution < 1.29 is 18.4 Å². The van der Waals surface area contributed by atoms with Crippen molar-refractivity contribution >= 4 is 12.0 Å². The first-order valence-electron chi connectivity index (χ1n) is 6.16. The third-order valence-electron chi connectivity index (χ3n) is 2.28. The molecule has 0 radical (unpaired) electrons. The van der Waals surface area contributed by atoms with Crippen LogP contribution in [0.3, 0.4) is 0 Å². The monoisotopic (exact) mass is 202 g/mol. The van der Waals surface area contributed by atoms with E-state index in [1.165, 1.54) is 6.92 Å². The number of hydrogen-bond acceptors (Lipinski definition) is 3. The van der Waals surface area contributed by atoms with E-state index in [1.54, 1.807) is 0 Å². The number of amides is 2. The standard InChI is InChI=1S/C10H17NO3/c1-6(2)8-5-14-10(13)11(8)9(12)7(3)4/h6-8H,5H2,1-4H3/t8-/m1/s1/i3D3/t7-,8+/m0. The maximum atomic E-state index is 12.0. The number of rotatable bonds is 2. The maximum Gasteiger partial charge on any atom is 0.416 e. The van der Waals surface area contributed by atoms with Crippen LogP contribution < -0.4 is 0 Å². The summed E-state index contributed by atoms with van der Waals surface area (Å²) < 4.78 is 26.4. The van der Waals surface area contributed by atoms with Gasteiger partial charge < -0.3 is 4.74 Å². The zero-order valence-corrected chi connectivity index (χ0v) is 8.61. The third-order valence-corrected chi connectivity index (χ3v) is 2.28. The number of carbonyl (C=O) groups excluding carboxylic acids is 2. The lowest BCUT2D eigenvalue weighted by Gasteiger charge is -2.23. The highest BCUT2D eigenvalue weighted by Crippen LogP contribution is 2.21. The number of hydrogen-bond donors (Lipinski definition) is 0. The molecule has 0 saturated carbocycles. The fourth-order valence-electron chi connectivity index (χ4n) is 1.39. The van der Waals surface area contributed by atoms with Crippen molar-refractivity contribution in [2.75, 3.05) is 6.61 Å². The number of cyclic esters (lactones) is 1. The Bertz CT molecular complexity index is 327. The molecule has 1 heterocycles. The molecule has 1 saturated heterocycles. The van der Waals surface area contributed by atoms with Gasteiger partial charge in [-0.15, -0.1) is 0 Å². The largest absolute Gasteiger partial charge is 0.447 e.